The molecule has 2 aromatic rings. The molecule has 0 amide bonds. The van der Waals surface area contributed by atoms with E-state index in [1.807, 2.05) is 0 Å². The average molecular weight is 187 g/mol. The highest BCUT2D eigenvalue weighted by Crippen LogP contribution is 2.39. The zero-order valence-electron chi connectivity index (χ0n) is 8.45. The summed E-state index contributed by atoms with van der Waals surface area (Å²) in [6.45, 7) is 2.98. The number of nitrogens with zero attached hydrogens (tertiary/aromatic N) is 1. The molecule has 0 saturated carbocycles. The van der Waals surface area contributed by atoms with Gasteiger partial charge in [-0.05, 0) is 24.4 Å². The number of aryl methyl sites for hydroxylation is 1. The average Bonchev–Trinajstić information content (AvgIpc) is 2.84. The van der Waals surface area contributed by atoms with Gasteiger partial charge in [-0.1, -0.05) is 18.2 Å². The second kappa shape index (κ2) is 2.39. The number of benzene rings is 1. The monoisotopic (exact) mass is 187 g/mol. The zero-order valence-corrected chi connectivity index (χ0v) is 8.45. The predicted molar refractivity (Wildman–Crippen MR) is 56.2 cm³/mol. The molecule has 3 rings (SSSR count). The Hall–Kier alpha value is -1.28. The molecule has 1 aromatic heterocycles. The van der Waals surface area contributed by atoms with Gasteiger partial charge in [0.05, 0.1) is 12.3 Å². The Morgan fingerprint density at radius 3 is 2.71 bits per heavy atom. The van der Waals surface area contributed by atoms with Crippen molar-refractivity contribution < 1.29 is 4.74 Å². The molecule has 0 aliphatic carbocycles. The van der Waals surface area contributed by atoms with Crippen LogP contribution in [0.4, 0.5) is 0 Å². The fraction of sp³-hybridized carbons (Fsp3) is 0.333. The van der Waals surface area contributed by atoms with Crippen LogP contribution in [0.15, 0.2) is 30.3 Å². The maximum atomic E-state index is 5.47. The van der Waals surface area contributed by atoms with E-state index in [-0.39, 0.29) is 5.60 Å². The summed E-state index contributed by atoms with van der Waals surface area (Å²) in [6, 6.07) is 10.7. The van der Waals surface area contributed by atoms with Crippen LogP contribution in [0.3, 0.4) is 0 Å². The van der Waals surface area contributed by atoms with Gasteiger partial charge >= 0.3 is 0 Å². The number of epoxide rings is 1. The van der Waals surface area contributed by atoms with Gasteiger partial charge in [-0.2, -0.15) is 0 Å². The molecule has 0 bridgehead atoms. The maximum absolute atomic E-state index is 5.47. The van der Waals surface area contributed by atoms with Gasteiger partial charge in [-0.3, -0.25) is 0 Å². The first-order valence-corrected chi connectivity index (χ1v) is 4.90. The highest BCUT2D eigenvalue weighted by molar-refractivity contribution is 5.81. The molecule has 1 aliphatic rings. The Kier molecular flexibility index (Phi) is 1.38. The van der Waals surface area contributed by atoms with E-state index in [1.54, 1.807) is 0 Å². The second-order valence-corrected chi connectivity index (χ2v) is 4.17. The van der Waals surface area contributed by atoms with Crippen LogP contribution in [0.25, 0.3) is 10.9 Å². The molecule has 2 nitrogen and oxygen atoms in total. The summed E-state index contributed by atoms with van der Waals surface area (Å²) in [5.41, 5.74) is 2.52. The smallest absolute Gasteiger partial charge is 0.129 e. The predicted octanol–water partition coefficient (Wildman–Crippen LogP) is 2.42. The minimum atomic E-state index is -0.0340. The topological polar surface area (TPSA) is 17.5 Å². The van der Waals surface area contributed by atoms with E-state index in [9.17, 15) is 0 Å². The van der Waals surface area contributed by atoms with Crippen LogP contribution in [-0.2, 0) is 17.4 Å². The second-order valence-electron chi connectivity index (χ2n) is 4.17. The summed E-state index contributed by atoms with van der Waals surface area (Å²) in [7, 11) is 2.10. The molecular formula is C12H13NO. The van der Waals surface area contributed by atoms with Crippen molar-refractivity contribution in [1.29, 1.82) is 0 Å². The van der Waals surface area contributed by atoms with Crippen LogP contribution in [-0.4, -0.2) is 11.2 Å². The van der Waals surface area contributed by atoms with E-state index in [1.165, 1.54) is 16.6 Å². The third-order valence-electron chi connectivity index (χ3n) is 3.07. The first-order chi connectivity index (χ1) is 6.71. The molecule has 0 radical (unpaired) electrons. The summed E-state index contributed by atoms with van der Waals surface area (Å²) in [6.07, 6.45) is 0. The Bertz CT molecular complexity index is 494. The van der Waals surface area contributed by atoms with Crippen LogP contribution in [0.2, 0.25) is 0 Å². The summed E-state index contributed by atoms with van der Waals surface area (Å²) in [5.74, 6) is 0. The lowest BCUT2D eigenvalue weighted by Crippen LogP contribution is -2.08. The van der Waals surface area contributed by atoms with Gasteiger partial charge in [-0.25, -0.2) is 0 Å². The van der Waals surface area contributed by atoms with Crippen molar-refractivity contribution in [1.82, 2.24) is 4.57 Å². The Labute approximate surface area is 83.1 Å². The van der Waals surface area contributed by atoms with Crippen LogP contribution in [0, 0.1) is 0 Å². The largest absolute Gasteiger partial charge is 0.363 e. The highest BCUT2D eigenvalue weighted by Gasteiger charge is 2.43. The van der Waals surface area contributed by atoms with Crippen LogP contribution in [0.5, 0.6) is 0 Å². The molecule has 14 heavy (non-hydrogen) atoms. The molecule has 72 valence electrons. The van der Waals surface area contributed by atoms with E-state index >= 15 is 0 Å². The third kappa shape index (κ3) is 0.946. The molecule has 1 saturated heterocycles. The Morgan fingerprint density at radius 1 is 1.36 bits per heavy atom. The van der Waals surface area contributed by atoms with E-state index < -0.39 is 0 Å². The van der Waals surface area contributed by atoms with Gasteiger partial charge in [0.15, 0.2) is 0 Å². The number of para-hydroxylation sites is 1. The standard InChI is InChI=1S/C12H13NO/c1-12(8-14-12)11-7-9-5-3-4-6-10(9)13(11)2/h3-7H,8H2,1-2H3. The maximum Gasteiger partial charge on any atom is 0.129 e. The number of fused-ring (bicyclic) bond motifs is 1. The van der Waals surface area contributed by atoms with Crippen LogP contribution >= 0.6 is 0 Å². The molecule has 0 N–H and O–H groups in total. The van der Waals surface area contributed by atoms with Gasteiger partial charge in [0.1, 0.15) is 5.60 Å². The van der Waals surface area contributed by atoms with Gasteiger partial charge in [-0.15, -0.1) is 0 Å². The lowest BCUT2D eigenvalue weighted by molar-refractivity contribution is 0.319. The first kappa shape index (κ1) is 8.06. The van der Waals surface area contributed by atoms with Crippen molar-refractivity contribution in [2.75, 3.05) is 6.61 Å². The summed E-state index contributed by atoms with van der Waals surface area (Å²) < 4.78 is 7.70. The van der Waals surface area contributed by atoms with Gasteiger partial charge < -0.3 is 9.30 Å². The highest BCUT2D eigenvalue weighted by atomic mass is 16.6. The van der Waals surface area contributed by atoms with Crippen molar-refractivity contribution in [3.63, 3.8) is 0 Å². The SMILES string of the molecule is Cn1c(C2(C)CO2)cc2ccccc21. The van der Waals surface area contributed by atoms with E-state index in [0.29, 0.717) is 0 Å². The molecule has 1 aliphatic heterocycles. The van der Waals surface area contributed by atoms with Crippen LogP contribution in [0.1, 0.15) is 12.6 Å². The molecule has 1 atom stereocenters. The summed E-state index contributed by atoms with van der Waals surface area (Å²) in [5, 5.41) is 1.29. The molecule has 1 aromatic carbocycles. The lowest BCUT2D eigenvalue weighted by atomic mass is 10.1. The van der Waals surface area contributed by atoms with Gasteiger partial charge in [0.2, 0.25) is 0 Å². The Balaban J connectivity index is 2.31. The number of ether oxygens (including phenoxy) is 1. The van der Waals surface area contributed by atoms with E-state index in [2.05, 4.69) is 48.9 Å². The number of hydrogen-bond acceptors (Lipinski definition) is 1. The van der Waals surface area contributed by atoms with Crippen LogP contribution < -0.4 is 0 Å². The number of rotatable bonds is 1. The molecule has 0 spiro atoms. The molecule has 2 heteroatoms. The normalized spacial score (nSPS) is 25.6. The third-order valence-corrected chi connectivity index (χ3v) is 3.07. The molecular weight excluding hydrogens is 174 g/mol. The quantitative estimate of drug-likeness (QED) is 0.627. The first-order valence-electron chi connectivity index (χ1n) is 4.90. The van der Waals surface area contributed by atoms with Crippen molar-refractivity contribution in [3.8, 4) is 0 Å². The van der Waals surface area contributed by atoms with Crippen molar-refractivity contribution in [3.05, 3.63) is 36.0 Å². The number of aromatic nitrogens is 1. The molecule has 1 unspecified atom stereocenters. The van der Waals surface area contributed by atoms with Gasteiger partial charge in [0.25, 0.3) is 0 Å². The minimum absolute atomic E-state index is 0.0340. The fourth-order valence-electron chi connectivity index (χ4n) is 2.05. The van der Waals surface area contributed by atoms with Gasteiger partial charge in [0, 0.05) is 12.6 Å². The van der Waals surface area contributed by atoms with Crippen molar-refractivity contribution in [2.45, 2.75) is 12.5 Å². The van der Waals surface area contributed by atoms with Crippen molar-refractivity contribution in [2.24, 2.45) is 7.05 Å². The summed E-state index contributed by atoms with van der Waals surface area (Å²) in [4.78, 5) is 0. The molecule has 1 fully saturated rings. The number of hydrogen-bond donors (Lipinski definition) is 0. The fourth-order valence-corrected chi connectivity index (χ4v) is 2.05. The van der Waals surface area contributed by atoms with E-state index in [0.717, 1.165) is 6.61 Å². The van der Waals surface area contributed by atoms with E-state index in [4.69, 9.17) is 4.74 Å². The minimum Gasteiger partial charge on any atom is -0.363 e. The lowest BCUT2D eigenvalue weighted by Gasteiger charge is -2.06. The zero-order chi connectivity index (χ0) is 9.76. The Morgan fingerprint density at radius 2 is 2.07 bits per heavy atom. The summed E-state index contributed by atoms with van der Waals surface area (Å²) >= 11 is 0. The molecule has 2 heterocycles. The van der Waals surface area contributed by atoms with Crippen molar-refractivity contribution >= 4 is 10.9 Å².